The van der Waals surface area contributed by atoms with Crippen LogP contribution in [0.2, 0.25) is 0 Å². The monoisotopic (exact) mass is 361 g/mol. The van der Waals surface area contributed by atoms with Crippen LogP contribution in [-0.4, -0.2) is 20.2 Å². The minimum atomic E-state index is -0.243. The van der Waals surface area contributed by atoms with Gasteiger partial charge in [-0.1, -0.05) is 49.1 Å². The van der Waals surface area contributed by atoms with Crippen LogP contribution in [0.1, 0.15) is 54.6 Å². The molecular weight excluding hydrogens is 334 g/mol. The highest BCUT2D eigenvalue weighted by Crippen LogP contribution is 2.40. The van der Waals surface area contributed by atoms with Crippen LogP contribution in [0.4, 0.5) is 5.69 Å². The number of nitrogens with one attached hydrogen (secondary N) is 1. The zero-order chi connectivity index (χ0) is 18.9. The third-order valence-corrected chi connectivity index (χ3v) is 5.59. The Morgan fingerprint density at radius 2 is 1.70 bits per heavy atom. The second kappa shape index (κ2) is 7.14. The van der Waals surface area contributed by atoms with E-state index in [1.165, 1.54) is 36.0 Å². The fourth-order valence-corrected chi connectivity index (χ4v) is 4.25. The number of nitrogens with zero attached hydrogens (tertiary/aromatic N) is 4. The van der Waals surface area contributed by atoms with Crippen molar-refractivity contribution < 1.29 is 0 Å². The van der Waals surface area contributed by atoms with Gasteiger partial charge in [-0.3, -0.25) is 0 Å². The molecule has 27 heavy (non-hydrogen) atoms. The second-order valence-corrected chi connectivity index (χ2v) is 7.84. The van der Waals surface area contributed by atoms with Gasteiger partial charge in [0, 0.05) is 5.69 Å². The Morgan fingerprint density at radius 1 is 0.926 bits per heavy atom. The number of aromatic nitrogens is 4. The van der Waals surface area contributed by atoms with E-state index >= 15 is 0 Å². The van der Waals surface area contributed by atoms with Gasteiger partial charge in [-0.15, -0.1) is 5.10 Å². The minimum absolute atomic E-state index is 0.243. The zero-order valence-electron chi connectivity index (χ0n) is 16.4. The van der Waals surface area contributed by atoms with Crippen LogP contribution in [0.25, 0.3) is 5.69 Å². The fourth-order valence-electron chi connectivity index (χ4n) is 4.25. The first-order valence-corrected chi connectivity index (χ1v) is 9.79. The van der Waals surface area contributed by atoms with Crippen LogP contribution in [0.3, 0.4) is 0 Å². The van der Waals surface area contributed by atoms with Crippen molar-refractivity contribution in [3.63, 3.8) is 0 Å². The summed E-state index contributed by atoms with van der Waals surface area (Å²) in [5.74, 6) is 0.913. The summed E-state index contributed by atoms with van der Waals surface area (Å²) >= 11 is 0. The molecular formula is C22H27N5. The maximum atomic E-state index is 4.51. The lowest BCUT2D eigenvalue weighted by Crippen LogP contribution is -2.40. The molecule has 0 unspecified atom stereocenters. The van der Waals surface area contributed by atoms with Gasteiger partial charge in [-0.2, -0.15) is 4.68 Å². The second-order valence-electron chi connectivity index (χ2n) is 7.84. The summed E-state index contributed by atoms with van der Waals surface area (Å²) in [6.45, 7) is 6.35. The van der Waals surface area contributed by atoms with Crippen molar-refractivity contribution in [3.8, 4) is 5.69 Å². The molecule has 1 aliphatic carbocycles. The van der Waals surface area contributed by atoms with E-state index in [0.717, 1.165) is 30.0 Å². The van der Waals surface area contributed by atoms with Crippen LogP contribution in [0, 0.1) is 20.8 Å². The molecule has 0 saturated heterocycles. The first kappa shape index (κ1) is 17.7. The van der Waals surface area contributed by atoms with Crippen molar-refractivity contribution in [1.82, 2.24) is 20.2 Å². The van der Waals surface area contributed by atoms with Crippen molar-refractivity contribution in [2.75, 3.05) is 5.32 Å². The molecule has 0 bridgehead atoms. The third kappa shape index (κ3) is 3.46. The lowest BCUT2D eigenvalue weighted by atomic mass is 9.80. The van der Waals surface area contributed by atoms with E-state index in [4.69, 9.17) is 0 Å². The molecule has 5 nitrogen and oxygen atoms in total. The van der Waals surface area contributed by atoms with Gasteiger partial charge in [0.2, 0.25) is 0 Å². The SMILES string of the molecule is Cc1cccc(NC2(c3nnnn3-c3ccc(C)cc3C)CCCCC2)c1. The maximum absolute atomic E-state index is 4.51. The molecule has 0 amide bonds. The van der Waals surface area contributed by atoms with E-state index in [2.05, 4.69) is 84.1 Å². The molecule has 1 saturated carbocycles. The Balaban J connectivity index is 1.79. The standard InChI is InChI=1S/C22H27N5/c1-16-8-7-9-19(15-16)23-22(12-5-4-6-13-22)21-24-25-26-27(21)20-11-10-17(2)14-18(20)3/h7-11,14-15,23H,4-6,12-13H2,1-3H3. The predicted octanol–water partition coefficient (Wildman–Crippen LogP) is 4.86. The number of tetrazole rings is 1. The molecule has 1 N–H and O–H groups in total. The molecule has 2 aromatic carbocycles. The maximum Gasteiger partial charge on any atom is 0.181 e. The first-order chi connectivity index (χ1) is 13.1. The van der Waals surface area contributed by atoms with Gasteiger partial charge in [-0.05, 0) is 73.4 Å². The summed E-state index contributed by atoms with van der Waals surface area (Å²) in [6.07, 6.45) is 5.69. The molecule has 1 aliphatic rings. The van der Waals surface area contributed by atoms with E-state index in [1.54, 1.807) is 0 Å². The lowest BCUT2D eigenvalue weighted by Gasteiger charge is -2.37. The Kier molecular flexibility index (Phi) is 4.68. The molecule has 5 heteroatoms. The van der Waals surface area contributed by atoms with Crippen molar-refractivity contribution >= 4 is 5.69 Å². The summed E-state index contributed by atoms with van der Waals surface area (Å²) in [7, 11) is 0. The minimum Gasteiger partial charge on any atom is -0.373 e. The Hall–Kier alpha value is -2.69. The number of benzene rings is 2. The summed E-state index contributed by atoms with van der Waals surface area (Å²) in [4.78, 5) is 0. The van der Waals surface area contributed by atoms with Crippen molar-refractivity contribution in [1.29, 1.82) is 0 Å². The molecule has 140 valence electrons. The van der Waals surface area contributed by atoms with Crippen LogP contribution in [-0.2, 0) is 5.54 Å². The predicted molar refractivity (Wildman–Crippen MR) is 108 cm³/mol. The van der Waals surface area contributed by atoms with E-state index in [1.807, 2.05) is 4.68 Å². The van der Waals surface area contributed by atoms with Gasteiger partial charge >= 0.3 is 0 Å². The molecule has 0 aliphatic heterocycles. The molecule has 0 atom stereocenters. The largest absolute Gasteiger partial charge is 0.373 e. The molecule has 3 aromatic rings. The number of hydrogen-bond acceptors (Lipinski definition) is 4. The zero-order valence-corrected chi connectivity index (χ0v) is 16.4. The number of aryl methyl sites for hydroxylation is 3. The van der Waals surface area contributed by atoms with Gasteiger partial charge in [0.05, 0.1) is 11.2 Å². The quantitative estimate of drug-likeness (QED) is 0.721. The summed E-state index contributed by atoms with van der Waals surface area (Å²) in [6, 6.07) is 15.0. The summed E-state index contributed by atoms with van der Waals surface area (Å²) in [5.41, 5.74) is 5.62. The molecule has 1 fully saturated rings. The fraction of sp³-hybridized carbons (Fsp3) is 0.409. The van der Waals surface area contributed by atoms with Crippen molar-refractivity contribution in [3.05, 3.63) is 65.0 Å². The van der Waals surface area contributed by atoms with Crippen LogP contribution >= 0.6 is 0 Å². The van der Waals surface area contributed by atoms with Gasteiger partial charge in [0.15, 0.2) is 5.82 Å². The molecule has 0 radical (unpaired) electrons. The van der Waals surface area contributed by atoms with Crippen LogP contribution < -0.4 is 5.32 Å². The summed E-state index contributed by atoms with van der Waals surface area (Å²) in [5, 5.41) is 16.8. The van der Waals surface area contributed by atoms with E-state index in [9.17, 15) is 0 Å². The van der Waals surface area contributed by atoms with E-state index in [0.29, 0.717) is 0 Å². The van der Waals surface area contributed by atoms with E-state index < -0.39 is 0 Å². The topological polar surface area (TPSA) is 55.6 Å². The summed E-state index contributed by atoms with van der Waals surface area (Å²) < 4.78 is 1.93. The average molecular weight is 361 g/mol. The van der Waals surface area contributed by atoms with E-state index in [-0.39, 0.29) is 5.54 Å². The highest BCUT2D eigenvalue weighted by Gasteiger charge is 2.39. The normalized spacial score (nSPS) is 16.3. The van der Waals surface area contributed by atoms with Gasteiger partial charge < -0.3 is 5.32 Å². The Labute approximate surface area is 160 Å². The number of anilines is 1. The molecule has 0 spiro atoms. The number of hydrogen-bond donors (Lipinski definition) is 1. The average Bonchev–Trinajstić information content (AvgIpc) is 3.13. The highest BCUT2D eigenvalue weighted by atomic mass is 15.6. The highest BCUT2D eigenvalue weighted by molar-refractivity contribution is 5.50. The van der Waals surface area contributed by atoms with Crippen LogP contribution in [0.15, 0.2) is 42.5 Å². The Morgan fingerprint density at radius 3 is 2.44 bits per heavy atom. The molecule has 1 aromatic heterocycles. The van der Waals surface area contributed by atoms with Gasteiger partial charge in [0.25, 0.3) is 0 Å². The molecule has 1 heterocycles. The van der Waals surface area contributed by atoms with Crippen LogP contribution in [0.5, 0.6) is 0 Å². The third-order valence-electron chi connectivity index (χ3n) is 5.59. The first-order valence-electron chi connectivity index (χ1n) is 9.79. The van der Waals surface area contributed by atoms with Gasteiger partial charge in [-0.25, -0.2) is 0 Å². The van der Waals surface area contributed by atoms with Crippen molar-refractivity contribution in [2.45, 2.75) is 58.4 Å². The van der Waals surface area contributed by atoms with Gasteiger partial charge in [0.1, 0.15) is 0 Å². The molecule has 4 rings (SSSR count). The smallest absolute Gasteiger partial charge is 0.181 e. The Bertz CT molecular complexity index is 937. The lowest BCUT2D eigenvalue weighted by molar-refractivity contribution is 0.309. The van der Waals surface area contributed by atoms with Crippen molar-refractivity contribution in [2.24, 2.45) is 0 Å². The number of rotatable bonds is 4.